The predicted octanol–water partition coefficient (Wildman–Crippen LogP) is 3.04. The Balaban J connectivity index is 1.37. The SMILES string of the molecule is Cn1ncc2cc(C(N)=O)cc(Oc3ccc(OCCOC4CCOCC4)cc3)c21. The molecule has 1 aromatic heterocycles. The van der Waals surface area contributed by atoms with Crippen molar-refractivity contribution in [1.82, 2.24) is 9.78 Å². The Labute approximate surface area is 174 Å². The van der Waals surface area contributed by atoms with Crippen LogP contribution in [0.2, 0.25) is 0 Å². The van der Waals surface area contributed by atoms with Gasteiger partial charge in [-0.25, -0.2) is 0 Å². The van der Waals surface area contributed by atoms with E-state index in [0.717, 1.165) is 42.7 Å². The van der Waals surface area contributed by atoms with Gasteiger partial charge in [0.25, 0.3) is 0 Å². The molecule has 1 saturated heterocycles. The number of carbonyl (C=O) groups is 1. The third-order valence-electron chi connectivity index (χ3n) is 5.01. The van der Waals surface area contributed by atoms with Gasteiger partial charge in [-0.3, -0.25) is 9.48 Å². The largest absolute Gasteiger partial charge is 0.491 e. The zero-order chi connectivity index (χ0) is 20.9. The van der Waals surface area contributed by atoms with Crippen molar-refractivity contribution in [3.8, 4) is 17.2 Å². The van der Waals surface area contributed by atoms with Crippen LogP contribution in [0.5, 0.6) is 17.2 Å². The van der Waals surface area contributed by atoms with Crippen LogP contribution in [0.25, 0.3) is 10.9 Å². The highest BCUT2D eigenvalue weighted by Crippen LogP contribution is 2.32. The van der Waals surface area contributed by atoms with Gasteiger partial charge < -0.3 is 24.7 Å². The molecule has 30 heavy (non-hydrogen) atoms. The summed E-state index contributed by atoms with van der Waals surface area (Å²) in [5, 5.41) is 5.02. The molecule has 0 atom stereocenters. The zero-order valence-corrected chi connectivity index (χ0v) is 16.9. The monoisotopic (exact) mass is 411 g/mol. The fourth-order valence-electron chi connectivity index (χ4n) is 3.45. The number of rotatable bonds is 8. The van der Waals surface area contributed by atoms with Crippen LogP contribution in [0.3, 0.4) is 0 Å². The third-order valence-corrected chi connectivity index (χ3v) is 5.01. The summed E-state index contributed by atoms with van der Waals surface area (Å²) in [4.78, 5) is 11.6. The molecule has 1 fully saturated rings. The fraction of sp³-hybridized carbons (Fsp3) is 0.364. The second-order valence-corrected chi connectivity index (χ2v) is 7.15. The van der Waals surface area contributed by atoms with Gasteiger partial charge in [-0.2, -0.15) is 5.10 Å². The normalized spacial score (nSPS) is 14.7. The first-order valence-corrected chi connectivity index (χ1v) is 9.96. The molecule has 2 heterocycles. The maximum atomic E-state index is 11.6. The number of amides is 1. The van der Waals surface area contributed by atoms with Gasteiger partial charge >= 0.3 is 0 Å². The molecule has 1 amide bonds. The van der Waals surface area contributed by atoms with E-state index < -0.39 is 5.91 Å². The summed E-state index contributed by atoms with van der Waals surface area (Å²) < 4.78 is 24.6. The number of hydrogen-bond acceptors (Lipinski definition) is 6. The Morgan fingerprint density at radius 1 is 1.17 bits per heavy atom. The molecule has 0 aliphatic carbocycles. The number of ether oxygens (including phenoxy) is 4. The Morgan fingerprint density at radius 2 is 1.90 bits per heavy atom. The van der Waals surface area contributed by atoms with Gasteiger partial charge in [0.1, 0.15) is 23.6 Å². The second kappa shape index (κ2) is 9.15. The Kier molecular flexibility index (Phi) is 6.15. The molecule has 3 aromatic rings. The van der Waals surface area contributed by atoms with Gasteiger partial charge in [-0.15, -0.1) is 0 Å². The van der Waals surface area contributed by atoms with Crippen LogP contribution < -0.4 is 15.2 Å². The Morgan fingerprint density at radius 3 is 2.63 bits per heavy atom. The molecule has 0 unspecified atom stereocenters. The van der Waals surface area contributed by atoms with Crippen molar-refractivity contribution in [2.24, 2.45) is 12.8 Å². The Bertz CT molecular complexity index is 1010. The lowest BCUT2D eigenvalue weighted by atomic mass is 10.1. The predicted molar refractivity (Wildman–Crippen MR) is 111 cm³/mol. The van der Waals surface area contributed by atoms with Crippen molar-refractivity contribution in [2.45, 2.75) is 18.9 Å². The van der Waals surface area contributed by atoms with Crippen molar-refractivity contribution in [2.75, 3.05) is 26.4 Å². The van der Waals surface area contributed by atoms with Crippen LogP contribution in [-0.4, -0.2) is 48.2 Å². The topological polar surface area (TPSA) is 97.8 Å². The molecule has 158 valence electrons. The highest BCUT2D eigenvalue weighted by Gasteiger charge is 2.15. The summed E-state index contributed by atoms with van der Waals surface area (Å²) in [6.45, 7) is 2.55. The van der Waals surface area contributed by atoms with E-state index in [0.29, 0.717) is 30.3 Å². The highest BCUT2D eigenvalue weighted by atomic mass is 16.5. The van der Waals surface area contributed by atoms with Gasteiger partial charge in [-0.05, 0) is 49.2 Å². The minimum Gasteiger partial charge on any atom is -0.491 e. The first-order chi connectivity index (χ1) is 14.6. The van der Waals surface area contributed by atoms with Crippen LogP contribution in [-0.2, 0) is 16.5 Å². The van der Waals surface area contributed by atoms with E-state index in [4.69, 9.17) is 24.7 Å². The fourth-order valence-corrected chi connectivity index (χ4v) is 3.45. The number of nitrogens with two attached hydrogens (primary N) is 1. The minimum atomic E-state index is -0.516. The highest BCUT2D eigenvalue weighted by molar-refractivity contribution is 5.99. The van der Waals surface area contributed by atoms with E-state index in [-0.39, 0.29) is 6.10 Å². The standard InChI is InChI=1S/C22H25N3O5/c1-25-21-16(14-24-25)12-15(22(23)26)13-20(21)30-19-4-2-17(3-5-19)28-10-11-29-18-6-8-27-9-7-18/h2-5,12-14,18H,6-11H2,1H3,(H2,23,26). The molecule has 1 aliphatic heterocycles. The molecule has 4 rings (SSSR count). The summed E-state index contributed by atoms with van der Waals surface area (Å²) in [5.41, 5.74) is 6.60. The molecular formula is C22H25N3O5. The quantitative estimate of drug-likeness (QED) is 0.572. The number of primary amides is 1. The average molecular weight is 411 g/mol. The molecule has 0 bridgehead atoms. The molecule has 2 N–H and O–H groups in total. The molecule has 2 aromatic carbocycles. The maximum absolute atomic E-state index is 11.6. The summed E-state index contributed by atoms with van der Waals surface area (Å²) in [6, 6.07) is 10.6. The Hall–Kier alpha value is -3.10. The summed E-state index contributed by atoms with van der Waals surface area (Å²) in [6.07, 6.45) is 3.81. The number of nitrogens with zero attached hydrogens (tertiary/aromatic N) is 2. The van der Waals surface area contributed by atoms with Crippen molar-refractivity contribution in [1.29, 1.82) is 0 Å². The first-order valence-electron chi connectivity index (χ1n) is 9.96. The van der Waals surface area contributed by atoms with E-state index in [1.807, 2.05) is 31.3 Å². The van der Waals surface area contributed by atoms with E-state index in [2.05, 4.69) is 5.10 Å². The van der Waals surface area contributed by atoms with E-state index in [9.17, 15) is 4.79 Å². The van der Waals surface area contributed by atoms with E-state index >= 15 is 0 Å². The average Bonchev–Trinajstić information content (AvgIpc) is 3.14. The first kappa shape index (κ1) is 20.2. The van der Waals surface area contributed by atoms with Gasteiger partial charge in [-0.1, -0.05) is 0 Å². The summed E-state index contributed by atoms with van der Waals surface area (Å²) >= 11 is 0. The summed E-state index contributed by atoms with van der Waals surface area (Å²) in [7, 11) is 1.82. The molecule has 0 radical (unpaired) electrons. The number of benzene rings is 2. The number of carbonyl (C=O) groups excluding carboxylic acids is 1. The van der Waals surface area contributed by atoms with Crippen LogP contribution >= 0.6 is 0 Å². The lowest BCUT2D eigenvalue weighted by molar-refractivity contribution is -0.0388. The van der Waals surface area contributed by atoms with Crippen molar-refractivity contribution < 1.29 is 23.7 Å². The van der Waals surface area contributed by atoms with Gasteiger partial charge in [0.05, 0.1) is 18.9 Å². The molecule has 0 saturated carbocycles. The van der Waals surface area contributed by atoms with Crippen molar-refractivity contribution >= 4 is 16.8 Å². The third kappa shape index (κ3) is 4.72. The van der Waals surface area contributed by atoms with Crippen molar-refractivity contribution in [3.05, 3.63) is 48.2 Å². The number of aromatic nitrogens is 2. The van der Waals surface area contributed by atoms with Crippen LogP contribution in [0.1, 0.15) is 23.2 Å². The molecule has 0 spiro atoms. The van der Waals surface area contributed by atoms with Crippen LogP contribution in [0.15, 0.2) is 42.6 Å². The molecule has 8 heteroatoms. The zero-order valence-electron chi connectivity index (χ0n) is 16.9. The lowest BCUT2D eigenvalue weighted by Gasteiger charge is -2.22. The second-order valence-electron chi connectivity index (χ2n) is 7.15. The molecular weight excluding hydrogens is 386 g/mol. The van der Waals surface area contributed by atoms with E-state index in [1.54, 1.807) is 23.0 Å². The number of hydrogen-bond donors (Lipinski definition) is 1. The van der Waals surface area contributed by atoms with Gasteiger partial charge in [0.15, 0.2) is 5.75 Å². The summed E-state index contributed by atoms with van der Waals surface area (Å²) in [5.74, 6) is 1.34. The molecule has 8 nitrogen and oxygen atoms in total. The number of aryl methyl sites for hydroxylation is 1. The maximum Gasteiger partial charge on any atom is 0.248 e. The molecule has 1 aliphatic rings. The van der Waals surface area contributed by atoms with Gasteiger partial charge in [0.2, 0.25) is 5.91 Å². The lowest BCUT2D eigenvalue weighted by Crippen LogP contribution is -2.25. The van der Waals surface area contributed by atoms with Crippen molar-refractivity contribution in [3.63, 3.8) is 0 Å². The van der Waals surface area contributed by atoms with Crippen LogP contribution in [0, 0.1) is 0 Å². The number of fused-ring (bicyclic) bond motifs is 1. The van der Waals surface area contributed by atoms with Gasteiger partial charge in [0, 0.05) is 31.2 Å². The minimum absolute atomic E-state index is 0.262. The van der Waals surface area contributed by atoms with E-state index in [1.165, 1.54) is 0 Å². The van der Waals surface area contributed by atoms with Crippen LogP contribution in [0.4, 0.5) is 0 Å². The smallest absolute Gasteiger partial charge is 0.248 e.